The highest BCUT2D eigenvalue weighted by atomic mass is 79.9. The van der Waals surface area contributed by atoms with Crippen LogP contribution in [-0.2, 0) is 17.3 Å². The van der Waals surface area contributed by atoms with Crippen LogP contribution in [0.1, 0.15) is 5.56 Å². The molecule has 1 rings (SSSR count). The lowest BCUT2D eigenvalue weighted by atomic mass is 10.2. The number of halogens is 1. The zero-order valence-corrected chi connectivity index (χ0v) is 13.3. The maximum atomic E-state index is 11.5. The third kappa shape index (κ3) is 6.07. The first-order chi connectivity index (χ1) is 9.02. The van der Waals surface area contributed by atoms with E-state index in [1.807, 2.05) is 18.2 Å². The molecule has 0 bridgehead atoms. The normalized spacial score (nSPS) is 11.7. The SMILES string of the molecule is COc1ccc(Br)cc1CNC(=O)NCC[S@@](C)=O. The second kappa shape index (κ2) is 8.16. The summed E-state index contributed by atoms with van der Waals surface area (Å²) in [4.78, 5) is 11.5. The Morgan fingerprint density at radius 2 is 2.16 bits per heavy atom. The molecule has 0 saturated heterocycles. The Morgan fingerprint density at radius 3 is 2.79 bits per heavy atom. The van der Waals surface area contributed by atoms with Crippen LogP contribution in [0.25, 0.3) is 0 Å². The molecule has 0 aliphatic rings. The zero-order valence-electron chi connectivity index (χ0n) is 10.9. The van der Waals surface area contributed by atoms with Crippen molar-refractivity contribution in [1.82, 2.24) is 10.6 Å². The molecule has 0 radical (unpaired) electrons. The van der Waals surface area contributed by atoms with Crippen LogP contribution in [-0.4, -0.2) is 35.9 Å². The predicted octanol–water partition coefficient (Wildman–Crippen LogP) is 1.64. The molecule has 106 valence electrons. The predicted molar refractivity (Wildman–Crippen MR) is 79.9 cm³/mol. The molecule has 1 atom stereocenters. The average molecular weight is 349 g/mol. The first-order valence-electron chi connectivity index (χ1n) is 5.67. The lowest BCUT2D eigenvalue weighted by molar-refractivity contribution is 0.241. The Bertz CT molecular complexity index is 468. The van der Waals surface area contributed by atoms with Gasteiger partial charge in [-0.25, -0.2) is 4.79 Å². The summed E-state index contributed by atoms with van der Waals surface area (Å²) in [6.45, 7) is 0.758. The number of hydrogen-bond acceptors (Lipinski definition) is 3. The van der Waals surface area contributed by atoms with Crippen molar-refractivity contribution >= 4 is 32.8 Å². The van der Waals surface area contributed by atoms with Gasteiger partial charge in [-0.05, 0) is 18.2 Å². The van der Waals surface area contributed by atoms with E-state index < -0.39 is 10.8 Å². The number of carbonyl (C=O) groups excluding carboxylic acids is 1. The van der Waals surface area contributed by atoms with Crippen molar-refractivity contribution < 1.29 is 13.7 Å². The minimum atomic E-state index is -0.899. The molecular formula is C12H17BrN2O3S. The summed E-state index contributed by atoms with van der Waals surface area (Å²) < 4.78 is 17.0. The highest BCUT2D eigenvalue weighted by Crippen LogP contribution is 2.22. The number of methoxy groups -OCH3 is 1. The minimum absolute atomic E-state index is 0.285. The lowest BCUT2D eigenvalue weighted by Crippen LogP contribution is -2.37. The Labute approximate surface area is 123 Å². The third-order valence-corrected chi connectivity index (χ3v) is 3.63. The smallest absolute Gasteiger partial charge is 0.315 e. The monoisotopic (exact) mass is 348 g/mol. The maximum absolute atomic E-state index is 11.5. The third-order valence-electron chi connectivity index (χ3n) is 2.36. The highest BCUT2D eigenvalue weighted by molar-refractivity contribution is 9.10. The number of benzene rings is 1. The van der Waals surface area contributed by atoms with Crippen LogP contribution < -0.4 is 15.4 Å². The van der Waals surface area contributed by atoms with Crippen LogP contribution in [0.5, 0.6) is 5.75 Å². The molecule has 5 nitrogen and oxygen atoms in total. The van der Waals surface area contributed by atoms with E-state index in [-0.39, 0.29) is 6.03 Å². The summed E-state index contributed by atoms with van der Waals surface area (Å²) in [5.74, 6) is 1.17. The van der Waals surface area contributed by atoms with E-state index >= 15 is 0 Å². The van der Waals surface area contributed by atoms with Gasteiger partial charge in [0.15, 0.2) is 0 Å². The quantitative estimate of drug-likeness (QED) is 0.821. The fourth-order valence-corrected chi connectivity index (χ4v) is 2.23. The Morgan fingerprint density at radius 1 is 1.42 bits per heavy atom. The second-order valence-electron chi connectivity index (χ2n) is 3.84. The van der Waals surface area contributed by atoms with E-state index in [4.69, 9.17) is 4.74 Å². The van der Waals surface area contributed by atoms with Crippen molar-refractivity contribution in [2.45, 2.75) is 6.54 Å². The van der Waals surface area contributed by atoms with Crippen LogP contribution in [0.15, 0.2) is 22.7 Å². The minimum Gasteiger partial charge on any atom is -0.496 e. The molecule has 0 aliphatic carbocycles. The van der Waals surface area contributed by atoms with Gasteiger partial charge < -0.3 is 15.4 Å². The van der Waals surface area contributed by atoms with Crippen molar-refractivity contribution in [3.8, 4) is 5.75 Å². The van der Waals surface area contributed by atoms with Crippen LogP contribution >= 0.6 is 15.9 Å². The number of rotatable bonds is 6. The Kier molecular flexibility index (Phi) is 6.86. The molecule has 0 aromatic heterocycles. The van der Waals surface area contributed by atoms with Crippen LogP contribution in [0.4, 0.5) is 4.79 Å². The van der Waals surface area contributed by atoms with Crippen molar-refractivity contribution in [3.05, 3.63) is 28.2 Å². The number of hydrogen-bond donors (Lipinski definition) is 2. The summed E-state index contributed by atoms with van der Waals surface area (Å²) in [6, 6.07) is 5.31. The molecule has 0 spiro atoms. The molecule has 0 unspecified atom stereocenters. The van der Waals surface area contributed by atoms with Crippen molar-refractivity contribution in [2.24, 2.45) is 0 Å². The number of nitrogens with one attached hydrogen (secondary N) is 2. The number of ether oxygens (including phenoxy) is 1. The molecular weight excluding hydrogens is 332 g/mol. The second-order valence-corrected chi connectivity index (χ2v) is 6.31. The zero-order chi connectivity index (χ0) is 14.3. The van der Waals surface area contributed by atoms with Crippen LogP contribution in [0, 0.1) is 0 Å². The van der Waals surface area contributed by atoms with Gasteiger partial charge in [0, 0.05) is 45.9 Å². The van der Waals surface area contributed by atoms with Gasteiger partial charge in [0.05, 0.1) is 7.11 Å². The first-order valence-corrected chi connectivity index (χ1v) is 8.19. The fourth-order valence-electron chi connectivity index (χ4n) is 1.43. The van der Waals surface area contributed by atoms with Gasteiger partial charge in [0.1, 0.15) is 5.75 Å². The van der Waals surface area contributed by atoms with Crippen LogP contribution in [0.3, 0.4) is 0 Å². The van der Waals surface area contributed by atoms with E-state index in [1.54, 1.807) is 13.4 Å². The van der Waals surface area contributed by atoms with Gasteiger partial charge in [-0.15, -0.1) is 0 Å². The summed E-state index contributed by atoms with van der Waals surface area (Å²) in [7, 11) is 0.688. The highest BCUT2D eigenvalue weighted by Gasteiger charge is 2.06. The van der Waals surface area contributed by atoms with Crippen molar-refractivity contribution in [2.75, 3.05) is 25.7 Å². The molecule has 19 heavy (non-hydrogen) atoms. The molecule has 7 heteroatoms. The van der Waals surface area contributed by atoms with Gasteiger partial charge in [-0.2, -0.15) is 0 Å². The lowest BCUT2D eigenvalue weighted by Gasteiger charge is -2.11. The van der Waals surface area contributed by atoms with E-state index in [0.29, 0.717) is 18.8 Å². The topological polar surface area (TPSA) is 67.4 Å². The fraction of sp³-hybridized carbons (Fsp3) is 0.417. The number of urea groups is 1. The Hall–Kier alpha value is -1.08. The molecule has 0 heterocycles. The van der Waals surface area contributed by atoms with Crippen LogP contribution in [0.2, 0.25) is 0 Å². The first kappa shape index (κ1) is 16.0. The van der Waals surface area contributed by atoms with Gasteiger partial charge in [0.2, 0.25) is 0 Å². The molecule has 0 saturated carbocycles. The summed E-state index contributed by atoms with van der Waals surface area (Å²) in [5.41, 5.74) is 0.881. The molecule has 2 amide bonds. The van der Waals surface area contributed by atoms with E-state index in [2.05, 4.69) is 26.6 Å². The summed E-state index contributed by atoms with van der Waals surface area (Å²) >= 11 is 3.37. The van der Waals surface area contributed by atoms with Gasteiger partial charge in [-0.3, -0.25) is 4.21 Å². The summed E-state index contributed by atoms with van der Waals surface area (Å²) in [5, 5.41) is 5.37. The largest absolute Gasteiger partial charge is 0.496 e. The molecule has 0 fully saturated rings. The van der Waals surface area contributed by atoms with E-state index in [9.17, 15) is 9.00 Å². The van der Waals surface area contributed by atoms with Gasteiger partial charge >= 0.3 is 6.03 Å². The van der Waals surface area contributed by atoms with Crippen molar-refractivity contribution in [1.29, 1.82) is 0 Å². The summed E-state index contributed by atoms with van der Waals surface area (Å²) in [6.07, 6.45) is 1.60. The van der Waals surface area contributed by atoms with Crippen molar-refractivity contribution in [3.63, 3.8) is 0 Å². The standard InChI is InChI=1S/C12H17BrN2O3S/c1-18-11-4-3-10(13)7-9(11)8-15-12(16)14-5-6-19(2)17/h3-4,7H,5-6,8H2,1-2H3,(H2,14,15,16)/t19-/m1/s1. The molecule has 1 aromatic rings. The average Bonchev–Trinajstić information content (AvgIpc) is 2.36. The van der Waals surface area contributed by atoms with E-state index in [1.165, 1.54) is 0 Å². The number of amides is 2. The van der Waals surface area contributed by atoms with E-state index in [0.717, 1.165) is 15.8 Å². The van der Waals surface area contributed by atoms with Gasteiger partial charge in [0.25, 0.3) is 0 Å². The maximum Gasteiger partial charge on any atom is 0.315 e. The molecule has 0 aliphatic heterocycles. The Balaban J connectivity index is 2.45. The number of carbonyl (C=O) groups is 1. The molecule has 2 N–H and O–H groups in total. The van der Waals surface area contributed by atoms with Gasteiger partial charge in [-0.1, -0.05) is 15.9 Å². The molecule has 1 aromatic carbocycles.